The summed E-state index contributed by atoms with van der Waals surface area (Å²) in [7, 11) is 0. The van der Waals surface area contributed by atoms with Gasteiger partial charge in [0.05, 0.1) is 5.54 Å². The van der Waals surface area contributed by atoms with Crippen LogP contribution in [0.4, 0.5) is 0 Å². The van der Waals surface area contributed by atoms with E-state index in [4.69, 9.17) is 5.73 Å². The third-order valence-corrected chi connectivity index (χ3v) is 8.74. The number of nitrogens with one attached hydrogen (secondary N) is 4. The van der Waals surface area contributed by atoms with Gasteiger partial charge in [-0.2, -0.15) is 0 Å². The van der Waals surface area contributed by atoms with E-state index in [2.05, 4.69) is 50.9 Å². The van der Waals surface area contributed by atoms with Crippen molar-refractivity contribution in [3.63, 3.8) is 0 Å². The molecule has 8 nitrogen and oxygen atoms in total. The van der Waals surface area contributed by atoms with Crippen molar-refractivity contribution in [2.75, 3.05) is 13.1 Å². The number of carbonyl (C=O) groups excluding carboxylic acids is 3. The Morgan fingerprint density at radius 1 is 1.05 bits per heavy atom. The second-order valence-electron chi connectivity index (χ2n) is 10.4. The van der Waals surface area contributed by atoms with Gasteiger partial charge in [-0.3, -0.25) is 14.4 Å². The summed E-state index contributed by atoms with van der Waals surface area (Å²) in [5.74, 6) is -0.679. The van der Waals surface area contributed by atoms with Crippen molar-refractivity contribution in [2.24, 2.45) is 5.73 Å². The zero-order chi connectivity index (χ0) is 27.2. The molecule has 0 saturated carbocycles. The van der Waals surface area contributed by atoms with E-state index in [1.165, 1.54) is 5.56 Å². The van der Waals surface area contributed by atoms with Crippen LogP contribution in [-0.4, -0.2) is 49.1 Å². The Balaban J connectivity index is 1.37. The van der Waals surface area contributed by atoms with Crippen LogP contribution in [0.25, 0.3) is 15.7 Å². The molecule has 0 spiro atoms. The molecule has 0 radical (unpaired) electrons. The van der Waals surface area contributed by atoms with Crippen LogP contribution < -0.4 is 27.0 Å². The number of aryl methyl sites for hydroxylation is 1. The first-order chi connectivity index (χ1) is 19.0. The van der Waals surface area contributed by atoms with Crippen LogP contribution in [0, 0.1) is 0 Å². The molecule has 1 aliphatic heterocycles. The molecule has 1 aromatic heterocycles. The molecule has 39 heavy (non-hydrogen) atoms. The molecule has 1 saturated heterocycles. The molecule has 0 unspecified atom stereocenters. The van der Waals surface area contributed by atoms with E-state index in [-0.39, 0.29) is 11.8 Å². The molecule has 6 N–H and O–H groups in total. The van der Waals surface area contributed by atoms with Crippen molar-refractivity contribution in [2.45, 2.75) is 56.3 Å². The fourth-order valence-corrected chi connectivity index (χ4v) is 6.48. The Morgan fingerprint density at radius 3 is 2.64 bits per heavy atom. The van der Waals surface area contributed by atoms with Crippen LogP contribution in [0.5, 0.6) is 0 Å². The normalized spacial score (nSPS) is 17.8. The van der Waals surface area contributed by atoms with Crippen LogP contribution in [0.1, 0.15) is 42.4 Å². The molecular weight excluding hydrogens is 510 g/mol. The van der Waals surface area contributed by atoms with Gasteiger partial charge in [-0.25, -0.2) is 0 Å². The third kappa shape index (κ3) is 6.21. The van der Waals surface area contributed by atoms with Crippen molar-refractivity contribution in [1.82, 2.24) is 21.3 Å². The van der Waals surface area contributed by atoms with Crippen molar-refractivity contribution >= 4 is 45.2 Å². The lowest BCUT2D eigenvalue weighted by Gasteiger charge is -2.34. The number of fused-ring (bicyclic) bond motifs is 2. The third-order valence-electron chi connectivity index (χ3n) is 7.73. The van der Waals surface area contributed by atoms with Gasteiger partial charge in [-0.05, 0) is 77.9 Å². The summed E-state index contributed by atoms with van der Waals surface area (Å²) in [6.45, 7) is 1.30. The average molecular weight is 546 g/mol. The maximum absolute atomic E-state index is 13.8. The van der Waals surface area contributed by atoms with Crippen molar-refractivity contribution in [3.05, 3.63) is 76.7 Å². The van der Waals surface area contributed by atoms with E-state index in [0.717, 1.165) is 39.6 Å². The number of hydrogen-bond acceptors (Lipinski definition) is 6. The number of allylic oxidation sites excluding steroid dienone is 1. The topological polar surface area (TPSA) is 125 Å². The van der Waals surface area contributed by atoms with Gasteiger partial charge >= 0.3 is 0 Å². The van der Waals surface area contributed by atoms with Crippen molar-refractivity contribution in [1.29, 1.82) is 0 Å². The predicted octanol–water partition coefficient (Wildman–Crippen LogP) is 2.62. The summed E-state index contributed by atoms with van der Waals surface area (Å²) in [4.78, 5) is 38.6. The summed E-state index contributed by atoms with van der Waals surface area (Å²) in [5, 5.41) is 15.1. The SMILES string of the molecule is NC1(C(=O)N[C@H](CC2=CCCc3ccccc32)C(=O)N[C@H](Cc2csc3ccccc23)NC=O)CCNCC1. The number of benzene rings is 2. The van der Waals surface area contributed by atoms with E-state index in [1.54, 1.807) is 11.3 Å². The predicted molar refractivity (Wildman–Crippen MR) is 155 cm³/mol. The van der Waals surface area contributed by atoms with Crippen LogP contribution in [0.3, 0.4) is 0 Å². The lowest BCUT2D eigenvalue weighted by atomic mass is 9.86. The minimum Gasteiger partial charge on any atom is -0.342 e. The number of amides is 3. The molecule has 2 heterocycles. The molecule has 1 fully saturated rings. The Morgan fingerprint density at radius 2 is 1.82 bits per heavy atom. The maximum atomic E-state index is 13.8. The summed E-state index contributed by atoms with van der Waals surface area (Å²) in [6, 6.07) is 15.4. The molecular formula is C30H35N5O3S. The van der Waals surface area contributed by atoms with E-state index in [9.17, 15) is 14.4 Å². The molecule has 2 atom stereocenters. The Kier molecular flexibility index (Phi) is 8.40. The maximum Gasteiger partial charge on any atom is 0.244 e. The number of thiophene rings is 1. The largest absolute Gasteiger partial charge is 0.342 e. The number of nitrogens with two attached hydrogens (primary N) is 1. The first-order valence-electron chi connectivity index (χ1n) is 13.5. The minimum absolute atomic E-state index is 0.322. The van der Waals surface area contributed by atoms with Gasteiger partial charge in [0, 0.05) is 17.5 Å². The fourth-order valence-electron chi connectivity index (χ4n) is 5.50. The van der Waals surface area contributed by atoms with E-state index in [1.807, 2.05) is 30.3 Å². The second kappa shape index (κ2) is 12.1. The number of carbonyl (C=O) groups is 3. The molecule has 204 valence electrons. The van der Waals surface area contributed by atoms with Gasteiger partial charge in [0.2, 0.25) is 18.2 Å². The minimum atomic E-state index is -1.03. The number of piperidine rings is 1. The average Bonchev–Trinajstić information content (AvgIpc) is 3.36. The van der Waals surface area contributed by atoms with Gasteiger partial charge < -0.3 is 27.0 Å². The Hall–Kier alpha value is -3.53. The highest BCUT2D eigenvalue weighted by Gasteiger charge is 2.38. The van der Waals surface area contributed by atoms with Crippen LogP contribution in [0.2, 0.25) is 0 Å². The number of hydrogen-bond donors (Lipinski definition) is 5. The van der Waals surface area contributed by atoms with Crippen molar-refractivity contribution < 1.29 is 14.4 Å². The lowest BCUT2D eigenvalue weighted by molar-refractivity contribution is -0.133. The van der Waals surface area contributed by atoms with Crippen molar-refractivity contribution in [3.8, 4) is 0 Å². The van der Waals surface area contributed by atoms with Crippen LogP contribution in [-0.2, 0) is 27.2 Å². The van der Waals surface area contributed by atoms with Crippen LogP contribution in [0.15, 0.2) is 60.0 Å². The molecule has 0 bridgehead atoms. The lowest BCUT2D eigenvalue weighted by Crippen LogP contribution is -2.62. The van der Waals surface area contributed by atoms with E-state index in [0.29, 0.717) is 45.2 Å². The summed E-state index contributed by atoms with van der Waals surface area (Å²) in [6.07, 6.45) is 5.69. The molecule has 2 aromatic carbocycles. The first-order valence-corrected chi connectivity index (χ1v) is 14.4. The van der Waals surface area contributed by atoms with Crippen LogP contribution >= 0.6 is 11.3 Å². The Bertz CT molecular complexity index is 1380. The number of rotatable bonds is 10. The van der Waals surface area contributed by atoms with Gasteiger partial charge in [-0.1, -0.05) is 48.5 Å². The highest BCUT2D eigenvalue weighted by molar-refractivity contribution is 7.17. The Labute approximate surface area is 232 Å². The molecule has 9 heteroatoms. The van der Waals surface area contributed by atoms with Gasteiger partial charge in [0.1, 0.15) is 12.2 Å². The highest BCUT2D eigenvalue weighted by Crippen LogP contribution is 2.30. The smallest absolute Gasteiger partial charge is 0.244 e. The standard InChI is InChI=1S/C30H35N5O3S/c31-30(12-14-32-15-13-30)29(38)34-25(16-21-8-5-7-20-6-1-2-9-23(20)21)28(37)35-27(33-19-36)17-22-18-39-26-11-4-3-10-24(22)26/h1-4,6,8-11,18-19,25,27,32H,5,7,12-17,31H2,(H,33,36)(H,34,38)(H,35,37)/t25-,27-/m1/s1. The van der Waals surface area contributed by atoms with Gasteiger partial charge in [0.15, 0.2) is 0 Å². The molecule has 3 amide bonds. The summed E-state index contributed by atoms with van der Waals surface area (Å²) in [5.41, 5.74) is 9.87. The fraction of sp³-hybridized carbons (Fsp3) is 0.367. The zero-order valence-corrected chi connectivity index (χ0v) is 22.7. The van der Waals surface area contributed by atoms with E-state index >= 15 is 0 Å². The van der Waals surface area contributed by atoms with E-state index < -0.39 is 17.7 Å². The summed E-state index contributed by atoms with van der Waals surface area (Å²) < 4.78 is 1.15. The van der Waals surface area contributed by atoms with Gasteiger partial charge in [0.25, 0.3) is 0 Å². The summed E-state index contributed by atoms with van der Waals surface area (Å²) >= 11 is 1.63. The molecule has 1 aliphatic carbocycles. The monoisotopic (exact) mass is 545 g/mol. The highest BCUT2D eigenvalue weighted by atomic mass is 32.1. The second-order valence-corrected chi connectivity index (χ2v) is 11.3. The first kappa shape index (κ1) is 27.1. The molecule has 3 aromatic rings. The quantitative estimate of drug-likeness (QED) is 0.198. The zero-order valence-electron chi connectivity index (χ0n) is 21.9. The molecule has 2 aliphatic rings. The van der Waals surface area contributed by atoms with Gasteiger partial charge in [-0.15, -0.1) is 11.3 Å². The molecule has 5 rings (SSSR count).